The lowest BCUT2D eigenvalue weighted by molar-refractivity contribution is 0.104. The summed E-state index contributed by atoms with van der Waals surface area (Å²) in [6, 6.07) is 10.1. The lowest BCUT2D eigenvalue weighted by atomic mass is 10.1. The number of carbonyl (C=O) groups is 1. The molecule has 0 atom stereocenters. The molecule has 0 saturated carbocycles. The summed E-state index contributed by atoms with van der Waals surface area (Å²) in [5, 5.41) is 0. The molecule has 0 N–H and O–H groups in total. The number of ether oxygens (including phenoxy) is 1. The van der Waals surface area contributed by atoms with Crippen molar-refractivity contribution >= 4 is 11.9 Å². The molecule has 0 unspecified atom stereocenters. The number of aryl methyl sites for hydroxylation is 1. The fourth-order valence-electron chi connectivity index (χ4n) is 1.75. The molecule has 0 fully saturated rings. The molecule has 0 aliphatic heterocycles. The van der Waals surface area contributed by atoms with Gasteiger partial charge < -0.3 is 9.15 Å². The van der Waals surface area contributed by atoms with Crippen LogP contribution in [0.4, 0.5) is 0 Å². The highest BCUT2D eigenvalue weighted by Crippen LogP contribution is 2.13. The Bertz CT molecular complexity index is 789. The van der Waals surface area contributed by atoms with Crippen LogP contribution in [0.2, 0.25) is 0 Å². The van der Waals surface area contributed by atoms with Crippen LogP contribution in [0.15, 0.2) is 51.7 Å². The topological polar surface area (TPSA) is 56.5 Å². The van der Waals surface area contributed by atoms with Crippen LogP contribution < -0.4 is 10.4 Å². The largest absolute Gasteiger partial charge is 0.481 e. The van der Waals surface area contributed by atoms with Crippen molar-refractivity contribution in [3.63, 3.8) is 0 Å². The number of ketones is 1. The Hall–Kier alpha value is -3.06. The normalized spacial score (nSPS) is 10.4. The second kappa shape index (κ2) is 7.09. The van der Waals surface area contributed by atoms with Crippen molar-refractivity contribution in [3.8, 4) is 18.1 Å². The third-order valence-electron chi connectivity index (χ3n) is 2.85. The molecule has 110 valence electrons. The molecular weight excluding hydrogens is 280 g/mol. The minimum atomic E-state index is -0.632. The smallest absolute Gasteiger partial charge is 0.347 e. The van der Waals surface area contributed by atoms with Gasteiger partial charge in [-0.1, -0.05) is 24.1 Å². The zero-order valence-corrected chi connectivity index (χ0v) is 12.0. The molecule has 4 nitrogen and oxygen atoms in total. The zero-order valence-electron chi connectivity index (χ0n) is 12.0. The third-order valence-corrected chi connectivity index (χ3v) is 2.85. The first-order valence-corrected chi connectivity index (χ1v) is 6.59. The summed E-state index contributed by atoms with van der Waals surface area (Å²) < 4.78 is 10.1. The Kier molecular flexibility index (Phi) is 4.94. The Morgan fingerprint density at radius 3 is 2.64 bits per heavy atom. The van der Waals surface area contributed by atoms with Gasteiger partial charge in [-0.2, -0.15) is 0 Å². The number of allylic oxidation sites excluding steroid dienone is 1. The minimum Gasteiger partial charge on any atom is -0.481 e. The first-order valence-electron chi connectivity index (χ1n) is 6.59. The van der Waals surface area contributed by atoms with E-state index in [1.54, 1.807) is 43.3 Å². The van der Waals surface area contributed by atoms with Gasteiger partial charge >= 0.3 is 5.63 Å². The van der Waals surface area contributed by atoms with E-state index >= 15 is 0 Å². The van der Waals surface area contributed by atoms with Gasteiger partial charge in [-0.25, -0.2) is 4.79 Å². The zero-order chi connectivity index (χ0) is 15.9. The maximum atomic E-state index is 12.0. The van der Waals surface area contributed by atoms with Crippen LogP contribution in [0, 0.1) is 19.3 Å². The van der Waals surface area contributed by atoms with Gasteiger partial charge in [0.1, 0.15) is 23.7 Å². The second-order valence-electron chi connectivity index (χ2n) is 4.51. The van der Waals surface area contributed by atoms with Gasteiger partial charge in [0, 0.05) is 0 Å². The highest BCUT2D eigenvalue weighted by atomic mass is 16.5. The summed E-state index contributed by atoms with van der Waals surface area (Å²) >= 11 is 0. The maximum Gasteiger partial charge on any atom is 0.347 e. The van der Waals surface area contributed by atoms with Crippen molar-refractivity contribution in [1.82, 2.24) is 0 Å². The van der Waals surface area contributed by atoms with Crippen LogP contribution in [0.1, 0.15) is 21.7 Å². The van der Waals surface area contributed by atoms with Crippen molar-refractivity contribution in [2.75, 3.05) is 6.61 Å². The lowest BCUT2D eigenvalue weighted by Gasteiger charge is -2.01. The van der Waals surface area contributed by atoms with Crippen molar-refractivity contribution in [2.45, 2.75) is 6.92 Å². The molecule has 1 aromatic carbocycles. The van der Waals surface area contributed by atoms with Crippen molar-refractivity contribution < 1.29 is 13.9 Å². The van der Waals surface area contributed by atoms with Crippen LogP contribution in [-0.4, -0.2) is 12.4 Å². The highest BCUT2D eigenvalue weighted by molar-refractivity contribution is 6.06. The number of terminal acetylenes is 1. The first kappa shape index (κ1) is 15.3. The molecule has 4 heteroatoms. The van der Waals surface area contributed by atoms with Gasteiger partial charge in [-0.3, -0.25) is 4.79 Å². The molecule has 1 aromatic heterocycles. The SMILES string of the molecule is C#CCOc1ccc(C=CC(=O)c2ccc(C)oc2=O)cc1. The Labute approximate surface area is 128 Å². The molecule has 0 bridgehead atoms. The average Bonchev–Trinajstić information content (AvgIpc) is 2.51. The molecule has 2 aromatic rings. The van der Waals surface area contributed by atoms with E-state index in [2.05, 4.69) is 5.92 Å². The molecule has 22 heavy (non-hydrogen) atoms. The molecule has 1 heterocycles. The van der Waals surface area contributed by atoms with Crippen molar-refractivity contribution in [3.05, 3.63) is 69.8 Å². The monoisotopic (exact) mass is 294 g/mol. The van der Waals surface area contributed by atoms with Gasteiger partial charge in [0.05, 0.1) is 0 Å². The molecular formula is C18H14O4. The van der Waals surface area contributed by atoms with Crippen molar-refractivity contribution in [2.24, 2.45) is 0 Å². The third kappa shape index (κ3) is 3.97. The fraction of sp³-hybridized carbons (Fsp3) is 0.111. The Morgan fingerprint density at radius 2 is 2.00 bits per heavy atom. The van der Waals surface area contributed by atoms with E-state index in [4.69, 9.17) is 15.6 Å². The van der Waals surface area contributed by atoms with Gasteiger partial charge in [0.15, 0.2) is 5.78 Å². The van der Waals surface area contributed by atoms with Gasteiger partial charge in [-0.05, 0) is 42.8 Å². The average molecular weight is 294 g/mol. The molecule has 0 radical (unpaired) electrons. The van der Waals surface area contributed by atoms with E-state index in [0.717, 1.165) is 5.56 Å². The quantitative estimate of drug-likeness (QED) is 0.483. The number of hydrogen-bond donors (Lipinski definition) is 0. The van der Waals surface area contributed by atoms with E-state index in [-0.39, 0.29) is 12.2 Å². The van der Waals surface area contributed by atoms with E-state index in [1.165, 1.54) is 12.1 Å². The number of carbonyl (C=O) groups excluding carboxylic acids is 1. The van der Waals surface area contributed by atoms with E-state index in [9.17, 15) is 9.59 Å². The summed E-state index contributed by atoms with van der Waals surface area (Å²) in [5.41, 5.74) is 0.182. The van der Waals surface area contributed by atoms with Gasteiger partial charge in [0.2, 0.25) is 0 Å². The lowest BCUT2D eigenvalue weighted by Crippen LogP contribution is -2.12. The summed E-state index contributed by atoms with van der Waals surface area (Å²) in [5.74, 6) is 3.10. The number of hydrogen-bond acceptors (Lipinski definition) is 4. The standard InChI is InChI=1S/C18H14O4/c1-3-12-21-15-8-5-14(6-9-15)7-11-17(19)16-10-4-13(2)22-18(16)20/h1,4-11H,12H2,2H3. The highest BCUT2D eigenvalue weighted by Gasteiger charge is 2.08. The Morgan fingerprint density at radius 1 is 1.27 bits per heavy atom. The summed E-state index contributed by atoms with van der Waals surface area (Å²) in [6.07, 6.45) is 8.06. The molecule has 0 spiro atoms. The van der Waals surface area contributed by atoms with Crippen LogP contribution in [0.5, 0.6) is 5.75 Å². The molecule has 2 rings (SSSR count). The van der Waals surface area contributed by atoms with Crippen LogP contribution in [-0.2, 0) is 0 Å². The van der Waals surface area contributed by atoms with Gasteiger partial charge in [-0.15, -0.1) is 6.42 Å². The second-order valence-corrected chi connectivity index (χ2v) is 4.51. The van der Waals surface area contributed by atoms with Crippen LogP contribution in [0.3, 0.4) is 0 Å². The number of rotatable bonds is 5. The van der Waals surface area contributed by atoms with E-state index in [0.29, 0.717) is 11.5 Å². The predicted octanol–water partition coefficient (Wildman–Crippen LogP) is 2.86. The van der Waals surface area contributed by atoms with Crippen LogP contribution >= 0.6 is 0 Å². The van der Waals surface area contributed by atoms with Crippen LogP contribution in [0.25, 0.3) is 6.08 Å². The van der Waals surface area contributed by atoms with E-state index < -0.39 is 11.4 Å². The van der Waals surface area contributed by atoms with Crippen molar-refractivity contribution in [1.29, 1.82) is 0 Å². The molecule has 0 aliphatic carbocycles. The summed E-state index contributed by atoms with van der Waals surface area (Å²) in [7, 11) is 0. The Balaban J connectivity index is 2.09. The van der Waals surface area contributed by atoms with E-state index in [1.807, 2.05) is 0 Å². The maximum absolute atomic E-state index is 12.0. The fourth-order valence-corrected chi connectivity index (χ4v) is 1.75. The summed E-state index contributed by atoms with van der Waals surface area (Å²) in [6.45, 7) is 1.85. The molecule has 0 amide bonds. The minimum absolute atomic E-state index is 0.0100. The summed E-state index contributed by atoms with van der Waals surface area (Å²) in [4.78, 5) is 23.5. The first-order chi connectivity index (χ1) is 10.6. The van der Waals surface area contributed by atoms with Gasteiger partial charge in [0.25, 0.3) is 0 Å². The predicted molar refractivity (Wildman–Crippen MR) is 83.8 cm³/mol. The molecule has 0 saturated heterocycles. The number of benzene rings is 1. The molecule has 0 aliphatic rings.